The van der Waals surface area contributed by atoms with Crippen molar-refractivity contribution >= 4 is 30.5 Å². The maximum atomic E-state index is 14.0. The minimum absolute atomic E-state index is 0.00164. The lowest BCUT2D eigenvalue weighted by Crippen LogP contribution is -2.60. The number of alkyl carbamates (subject to hydrolysis) is 1. The van der Waals surface area contributed by atoms with Gasteiger partial charge in [0.25, 0.3) is 0 Å². The van der Waals surface area contributed by atoms with E-state index in [1.807, 2.05) is 27.7 Å². The van der Waals surface area contributed by atoms with Gasteiger partial charge in [-0.3, -0.25) is 9.59 Å². The average Bonchev–Trinajstić information content (AvgIpc) is 2.76. The Labute approximate surface area is 215 Å². The lowest BCUT2D eigenvalue weighted by Gasteiger charge is -2.44. The minimum atomic E-state index is -1.11. The van der Waals surface area contributed by atoms with Crippen molar-refractivity contribution in [2.45, 2.75) is 97.9 Å². The van der Waals surface area contributed by atoms with Crippen LogP contribution in [0.25, 0.3) is 0 Å². The quantitative estimate of drug-likeness (QED) is 0.260. The van der Waals surface area contributed by atoms with Crippen LogP contribution in [-0.4, -0.2) is 57.4 Å². The number of amides is 3. The number of hydrogen-bond donors (Lipinski definition) is 4. The highest BCUT2D eigenvalue weighted by Gasteiger charge is 2.43. The SMILES string of the molecule is CCCCNC(=O)C(c1cccc(C)c1O)N(C(=O)C(CS)NC(=O)OC(C)(C)C)C(C)(C)CC. The number of rotatable bonds is 11. The molecular weight excluding hydrogens is 466 g/mol. The Balaban J connectivity index is 3.58. The van der Waals surface area contributed by atoms with E-state index in [0.29, 0.717) is 24.1 Å². The molecule has 2 atom stereocenters. The Kier molecular flexibility index (Phi) is 11.4. The van der Waals surface area contributed by atoms with Crippen molar-refractivity contribution in [2.24, 2.45) is 0 Å². The summed E-state index contributed by atoms with van der Waals surface area (Å²) in [6.45, 7) is 15.0. The zero-order valence-corrected chi connectivity index (χ0v) is 23.3. The lowest BCUT2D eigenvalue weighted by atomic mass is 9.91. The van der Waals surface area contributed by atoms with E-state index < -0.39 is 41.1 Å². The highest BCUT2D eigenvalue weighted by molar-refractivity contribution is 7.80. The van der Waals surface area contributed by atoms with Gasteiger partial charge in [-0.05, 0) is 59.9 Å². The zero-order valence-electron chi connectivity index (χ0n) is 22.4. The molecule has 9 heteroatoms. The smallest absolute Gasteiger partial charge is 0.408 e. The highest BCUT2D eigenvalue weighted by atomic mass is 32.1. The number of unbranched alkanes of at least 4 members (excludes halogenated alkanes) is 1. The maximum absolute atomic E-state index is 14.0. The van der Waals surface area contributed by atoms with Crippen molar-refractivity contribution in [1.82, 2.24) is 15.5 Å². The van der Waals surface area contributed by atoms with Gasteiger partial charge in [-0.2, -0.15) is 12.6 Å². The molecule has 0 saturated heterocycles. The molecule has 0 bridgehead atoms. The molecule has 35 heavy (non-hydrogen) atoms. The fourth-order valence-corrected chi connectivity index (χ4v) is 3.78. The molecule has 0 aliphatic carbocycles. The van der Waals surface area contributed by atoms with Gasteiger partial charge in [-0.15, -0.1) is 0 Å². The van der Waals surface area contributed by atoms with Gasteiger partial charge < -0.3 is 25.4 Å². The number of carbonyl (C=O) groups excluding carboxylic acids is 3. The first kappa shape index (κ1) is 30.6. The van der Waals surface area contributed by atoms with Crippen LogP contribution < -0.4 is 10.6 Å². The third kappa shape index (κ3) is 8.63. The van der Waals surface area contributed by atoms with Gasteiger partial charge in [0.05, 0.1) is 0 Å². The molecule has 0 heterocycles. The molecule has 1 aromatic carbocycles. The standard InChI is InChI=1S/C26H43N3O5S/c1-9-11-15-27-22(31)20(18-14-12-13-17(3)21(18)30)29(26(7,8)10-2)23(32)19(16-35)28-24(33)34-25(4,5)6/h12-14,19-20,30,35H,9-11,15-16H2,1-8H3,(H,27,31)(H,28,33). The molecule has 198 valence electrons. The summed E-state index contributed by atoms with van der Waals surface area (Å²) in [4.78, 5) is 41.5. The Hall–Kier alpha value is -2.42. The van der Waals surface area contributed by atoms with E-state index in [0.717, 1.165) is 12.8 Å². The normalized spacial score (nSPS) is 13.5. The van der Waals surface area contributed by atoms with Gasteiger partial charge in [0.2, 0.25) is 11.8 Å². The third-order valence-corrected chi connectivity index (χ3v) is 6.19. The van der Waals surface area contributed by atoms with Crippen LogP contribution in [0.1, 0.15) is 84.9 Å². The van der Waals surface area contributed by atoms with Crippen LogP contribution in [0.15, 0.2) is 18.2 Å². The molecule has 0 radical (unpaired) electrons. The first-order chi connectivity index (χ1) is 16.2. The summed E-state index contributed by atoms with van der Waals surface area (Å²) in [7, 11) is 0. The highest BCUT2D eigenvalue weighted by Crippen LogP contribution is 2.37. The van der Waals surface area contributed by atoms with Crippen molar-refractivity contribution in [2.75, 3.05) is 12.3 Å². The maximum Gasteiger partial charge on any atom is 0.408 e. The van der Waals surface area contributed by atoms with Crippen LogP contribution in [0.3, 0.4) is 0 Å². The minimum Gasteiger partial charge on any atom is -0.507 e. The number of benzene rings is 1. The van der Waals surface area contributed by atoms with Crippen molar-refractivity contribution in [3.8, 4) is 5.75 Å². The predicted molar refractivity (Wildman–Crippen MR) is 142 cm³/mol. The Morgan fingerprint density at radius 2 is 1.77 bits per heavy atom. The summed E-state index contributed by atoms with van der Waals surface area (Å²) < 4.78 is 5.33. The molecule has 3 N–H and O–H groups in total. The summed E-state index contributed by atoms with van der Waals surface area (Å²) in [6, 6.07) is 2.97. The number of nitrogens with zero attached hydrogens (tertiary/aromatic N) is 1. The molecule has 0 aliphatic rings. The number of carbonyl (C=O) groups is 3. The number of aromatic hydroxyl groups is 1. The molecule has 0 saturated carbocycles. The summed E-state index contributed by atoms with van der Waals surface area (Å²) in [5.74, 6) is -0.938. The van der Waals surface area contributed by atoms with Crippen molar-refractivity contribution < 1.29 is 24.2 Å². The fraction of sp³-hybridized carbons (Fsp3) is 0.654. The summed E-state index contributed by atoms with van der Waals surface area (Å²) in [6.07, 6.45) is 1.45. The molecule has 0 fully saturated rings. The van der Waals surface area contributed by atoms with E-state index in [4.69, 9.17) is 4.74 Å². The van der Waals surface area contributed by atoms with Crippen molar-refractivity contribution in [3.05, 3.63) is 29.3 Å². The van der Waals surface area contributed by atoms with Crippen LogP contribution >= 0.6 is 12.6 Å². The van der Waals surface area contributed by atoms with E-state index in [1.54, 1.807) is 45.9 Å². The van der Waals surface area contributed by atoms with E-state index in [1.165, 1.54) is 4.90 Å². The summed E-state index contributed by atoms with van der Waals surface area (Å²) in [5, 5.41) is 16.4. The van der Waals surface area contributed by atoms with Crippen molar-refractivity contribution in [1.29, 1.82) is 0 Å². The third-order valence-electron chi connectivity index (χ3n) is 5.83. The first-order valence-electron chi connectivity index (χ1n) is 12.2. The Morgan fingerprint density at radius 1 is 1.14 bits per heavy atom. The number of nitrogens with one attached hydrogen (secondary N) is 2. The lowest BCUT2D eigenvalue weighted by molar-refractivity contribution is -0.149. The molecule has 1 rings (SSSR count). The molecule has 0 spiro atoms. The van der Waals surface area contributed by atoms with Crippen LogP contribution in [0.4, 0.5) is 4.79 Å². The number of phenolic OH excluding ortho intramolecular Hbond substituents is 1. The molecule has 8 nitrogen and oxygen atoms in total. The van der Waals surface area contributed by atoms with Gasteiger partial charge >= 0.3 is 6.09 Å². The average molecular weight is 510 g/mol. The number of aryl methyl sites for hydroxylation is 1. The number of thiol groups is 1. The number of para-hydroxylation sites is 1. The van der Waals surface area contributed by atoms with Crippen LogP contribution in [0.5, 0.6) is 5.75 Å². The monoisotopic (exact) mass is 509 g/mol. The van der Waals surface area contributed by atoms with Crippen molar-refractivity contribution in [3.63, 3.8) is 0 Å². The fourth-order valence-electron chi connectivity index (χ4n) is 3.53. The van der Waals surface area contributed by atoms with Crippen LogP contribution in [0, 0.1) is 6.92 Å². The van der Waals surface area contributed by atoms with E-state index in [9.17, 15) is 19.5 Å². The number of phenols is 1. The van der Waals surface area contributed by atoms with Gasteiger partial charge in [0, 0.05) is 23.4 Å². The largest absolute Gasteiger partial charge is 0.507 e. The van der Waals surface area contributed by atoms with E-state index in [2.05, 4.69) is 23.3 Å². The van der Waals surface area contributed by atoms with Gasteiger partial charge in [0.1, 0.15) is 23.4 Å². The van der Waals surface area contributed by atoms with E-state index >= 15 is 0 Å². The van der Waals surface area contributed by atoms with Gasteiger partial charge in [0.15, 0.2) is 0 Å². The molecule has 3 amide bonds. The first-order valence-corrected chi connectivity index (χ1v) is 12.8. The molecule has 1 aromatic rings. The molecule has 2 unspecified atom stereocenters. The van der Waals surface area contributed by atoms with E-state index in [-0.39, 0.29) is 11.5 Å². The number of hydrogen-bond acceptors (Lipinski definition) is 6. The topological polar surface area (TPSA) is 108 Å². The summed E-state index contributed by atoms with van der Waals surface area (Å²) >= 11 is 4.31. The second-order valence-corrected chi connectivity index (χ2v) is 10.7. The summed E-state index contributed by atoms with van der Waals surface area (Å²) in [5.41, 5.74) is -0.625. The second-order valence-electron chi connectivity index (χ2n) is 10.3. The predicted octanol–water partition coefficient (Wildman–Crippen LogP) is 4.50. The Morgan fingerprint density at radius 3 is 2.29 bits per heavy atom. The molecular formula is C26H43N3O5S. The molecule has 0 aliphatic heterocycles. The number of ether oxygens (including phenoxy) is 1. The van der Waals surface area contributed by atoms with Gasteiger partial charge in [-0.25, -0.2) is 4.79 Å². The Bertz CT molecular complexity index is 882. The zero-order chi connectivity index (χ0) is 27.0. The second kappa shape index (κ2) is 13.0. The molecule has 0 aromatic heterocycles. The van der Waals surface area contributed by atoms with Gasteiger partial charge in [-0.1, -0.05) is 38.5 Å². The van der Waals surface area contributed by atoms with Crippen LogP contribution in [-0.2, 0) is 14.3 Å². The van der Waals surface area contributed by atoms with Crippen LogP contribution in [0.2, 0.25) is 0 Å².